The topological polar surface area (TPSA) is 68.8 Å². The molecule has 0 saturated heterocycles. The van der Waals surface area contributed by atoms with Gasteiger partial charge in [-0.15, -0.1) is 0 Å². The fourth-order valence-corrected chi connectivity index (χ4v) is 0. The van der Waals surface area contributed by atoms with Gasteiger partial charge in [-0.05, 0) is 0 Å². The van der Waals surface area contributed by atoms with Crippen LogP contribution < -0.4 is 0 Å². The van der Waals surface area contributed by atoms with Crippen LogP contribution in [0.3, 0.4) is 0 Å². The second-order valence-corrected chi connectivity index (χ2v) is 1.49. The Morgan fingerprint density at radius 1 is 1.50 bits per heavy atom. The Hall–Kier alpha value is 0.196. The highest BCUT2D eigenvalue weighted by Gasteiger charge is 1.99. The van der Waals surface area contributed by atoms with Crippen LogP contribution in [-0.2, 0) is 4.79 Å². The molecule has 0 aromatic rings. The summed E-state index contributed by atoms with van der Waals surface area (Å²) < 4.78 is 0. The van der Waals surface area contributed by atoms with E-state index in [9.17, 15) is 4.79 Å². The van der Waals surface area contributed by atoms with E-state index in [4.69, 9.17) is 5.11 Å². The van der Waals surface area contributed by atoms with E-state index in [0.29, 0.717) is 0 Å². The molecule has 0 aliphatic carbocycles. The SMILES string of the molecule is CC(C)C(=O)O.O.[MgH2]. The molecule has 4 heteroatoms. The Morgan fingerprint density at radius 3 is 1.62 bits per heavy atom. The van der Waals surface area contributed by atoms with Gasteiger partial charge >= 0.3 is 29.0 Å². The number of carbonyl (C=O) groups is 1. The van der Waals surface area contributed by atoms with Crippen molar-refractivity contribution in [3.8, 4) is 0 Å². The Bertz CT molecular complexity index is 62.3. The number of carboxylic acids is 1. The van der Waals surface area contributed by atoms with Crippen molar-refractivity contribution < 1.29 is 15.4 Å². The molecule has 0 amide bonds. The van der Waals surface area contributed by atoms with Gasteiger partial charge in [-0.1, -0.05) is 13.8 Å². The number of rotatable bonds is 1. The van der Waals surface area contributed by atoms with Crippen molar-refractivity contribution in [2.45, 2.75) is 13.8 Å². The highest BCUT2D eigenvalue weighted by atomic mass is 24.3. The minimum absolute atomic E-state index is 0. The van der Waals surface area contributed by atoms with Gasteiger partial charge in [0.1, 0.15) is 0 Å². The molecule has 0 fully saturated rings. The van der Waals surface area contributed by atoms with Gasteiger partial charge in [-0.25, -0.2) is 0 Å². The van der Waals surface area contributed by atoms with E-state index in [-0.39, 0.29) is 34.4 Å². The first-order chi connectivity index (χ1) is 2.64. The molecular weight excluding hydrogens is 120 g/mol. The van der Waals surface area contributed by atoms with Crippen molar-refractivity contribution in [2.75, 3.05) is 0 Å². The summed E-state index contributed by atoms with van der Waals surface area (Å²) in [6, 6.07) is 0. The Balaban J connectivity index is -0.000000125. The molecule has 3 nitrogen and oxygen atoms in total. The normalized spacial score (nSPS) is 6.88. The second kappa shape index (κ2) is 7.20. The molecule has 0 aliphatic rings. The number of aliphatic carboxylic acids is 1. The highest BCUT2D eigenvalue weighted by molar-refractivity contribution is 5.75. The summed E-state index contributed by atoms with van der Waals surface area (Å²) >= 11 is 0. The lowest BCUT2D eigenvalue weighted by molar-refractivity contribution is -0.140. The van der Waals surface area contributed by atoms with Gasteiger partial charge < -0.3 is 10.6 Å². The van der Waals surface area contributed by atoms with Crippen LogP contribution in [0.2, 0.25) is 0 Å². The zero-order chi connectivity index (χ0) is 5.15. The maximum absolute atomic E-state index is 9.70. The number of carboxylic acid groups (broad SMARTS) is 1. The van der Waals surface area contributed by atoms with Crippen LogP contribution in [0, 0.1) is 5.92 Å². The maximum atomic E-state index is 9.70. The van der Waals surface area contributed by atoms with Gasteiger partial charge in [0, 0.05) is 0 Å². The average Bonchev–Trinajstić information content (AvgIpc) is 1.36. The molecule has 0 aromatic carbocycles. The molecule has 3 N–H and O–H groups in total. The van der Waals surface area contributed by atoms with Crippen LogP contribution >= 0.6 is 0 Å². The summed E-state index contributed by atoms with van der Waals surface area (Å²) in [7, 11) is 0. The predicted molar refractivity (Wildman–Crippen MR) is 34.6 cm³/mol. The molecule has 48 valence electrons. The van der Waals surface area contributed by atoms with Crippen LogP contribution in [0.1, 0.15) is 13.8 Å². The van der Waals surface area contributed by atoms with Crippen molar-refractivity contribution in [3.05, 3.63) is 0 Å². The quantitative estimate of drug-likeness (QED) is 0.464. The minimum atomic E-state index is -0.741. The standard InChI is InChI=1S/C4H8O2.Mg.H2O.2H/c1-3(2)4(5)6;;;;/h3H,1-2H3,(H,5,6);;1H2;;. The van der Waals surface area contributed by atoms with E-state index in [1.807, 2.05) is 0 Å². The minimum Gasteiger partial charge on any atom is -0.481 e. The van der Waals surface area contributed by atoms with Crippen LogP contribution in [-0.4, -0.2) is 39.6 Å². The van der Waals surface area contributed by atoms with Gasteiger partial charge in [0.2, 0.25) is 0 Å². The third kappa shape index (κ3) is 9.50. The average molecular weight is 132 g/mol. The Labute approximate surface area is 64.5 Å². The summed E-state index contributed by atoms with van der Waals surface area (Å²) in [5.41, 5.74) is 0. The summed E-state index contributed by atoms with van der Waals surface area (Å²) in [5, 5.41) is 7.99. The van der Waals surface area contributed by atoms with Crippen molar-refractivity contribution >= 4 is 29.0 Å². The lowest BCUT2D eigenvalue weighted by Crippen LogP contribution is -2.03. The summed E-state index contributed by atoms with van der Waals surface area (Å²) in [5.74, 6) is -0.972. The Morgan fingerprint density at radius 2 is 1.62 bits per heavy atom. The summed E-state index contributed by atoms with van der Waals surface area (Å²) in [6.07, 6.45) is 0. The van der Waals surface area contributed by atoms with Gasteiger partial charge in [0.05, 0.1) is 5.92 Å². The highest BCUT2D eigenvalue weighted by Crippen LogP contribution is 1.87. The van der Waals surface area contributed by atoms with E-state index >= 15 is 0 Å². The first-order valence-corrected chi connectivity index (χ1v) is 1.87. The van der Waals surface area contributed by atoms with Crippen molar-refractivity contribution in [1.82, 2.24) is 0 Å². The lowest BCUT2D eigenvalue weighted by atomic mass is 10.2. The van der Waals surface area contributed by atoms with Crippen LogP contribution in [0.4, 0.5) is 0 Å². The van der Waals surface area contributed by atoms with Crippen molar-refractivity contribution in [3.63, 3.8) is 0 Å². The third-order valence-electron chi connectivity index (χ3n) is 0.494. The zero-order valence-corrected chi connectivity index (χ0v) is 4.43. The first kappa shape index (κ1) is 15.7. The first-order valence-electron chi connectivity index (χ1n) is 1.87. The monoisotopic (exact) mass is 132 g/mol. The van der Waals surface area contributed by atoms with Gasteiger partial charge in [0.15, 0.2) is 0 Å². The van der Waals surface area contributed by atoms with Crippen molar-refractivity contribution in [2.24, 2.45) is 5.92 Å². The molecule has 0 bridgehead atoms. The molecule has 0 rings (SSSR count). The maximum Gasteiger partial charge on any atom is 0.316 e. The van der Waals surface area contributed by atoms with Crippen molar-refractivity contribution in [1.29, 1.82) is 0 Å². The Kier molecular flexibility index (Phi) is 14.1. The molecule has 0 radical (unpaired) electrons. The lowest BCUT2D eigenvalue weighted by Gasteiger charge is -1.89. The van der Waals surface area contributed by atoms with E-state index in [1.165, 1.54) is 0 Å². The molecule has 8 heavy (non-hydrogen) atoms. The van der Waals surface area contributed by atoms with Gasteiger partial charge in [-0.2, -0.15) is 0 Å². The predicted octanol–water partition coefficient (Wildman–Crippen LogP) is -1.01. The fraction of sp³-hybridized carbons (Fsp3) is 0.750. The van der Waals surface area contributed by atoms with Gasteiger partial charge in [-0.3, -0.25) is 4.79 Å². The van der Waals surface area contributed by atoms with Crippen LogP contribution in [0.15, 0.2) is 0 Å². The van der Waals surface area contributed by atoms with Gasteiger partial charge in [0.25, 0.3) is 0 Å². The molecule has 0 heterocycles. The van der Waals surface area contributed by atoms with E-state index in [2.05, 4.69) is 0 Å². The summed E-state index contributed by atoms with van der Waals surface area (Å²) in [4.78, 5) is 9.70. The van der Waals surface area contributed by atoms with Crippen LogP contribution in [0.5, 0.6) is 0 Å². The summed E-state index contributed by atoms with van der Waals surface area (Å²) in [6.45, 7) is 3.28. The van der Waals surface area contributed by atoms with E-state index in [1.54, 1.807) is 13.8 Å². The zero-order valence-electron chi connectivity index (χ0n) is 4.43. The number of hydrogen-bond acceptors (Lipinski definition) is 1. The molecule has 0 aromatic heterocycles. The largest absolute Gasteiger partial charge is 0.481 e. The molecule has 0 aliphatic heterocycles. The van der Waals surface area contributed by atoms with E-state index in [0.717, 1.165) is 0 Å². The van der Waals surface area contributed by atoms with Crippen LogP contribution in [0.25, 0.3) is 0 Å². The smallest absolute Gasteiger partial charge is 0.316 e. The van der Waals surface area contributed by atoms with E-state index < -0.39 is 5.97 Å². The molecular formula is C4H12MgO3. The third-order valence-corrected chi connectivity index (χ3v) is 0.494. The molecule has 0 saturated carbocycles. The number of hydrogen-bond donors (Lipinski definition) is 1. The molecule has 0 atom stereocenters. The molecule has 0 spiro atoms. The fourth-order valence-electron chi connectivity index (χ4n) is 0. The molecule has 0 unspecified atom stereocenters. The second-order valence-electron chi connectivity index (χ2n) is 1.49.